The highest BCUT2D eigenvalue weighted by Gasteiger charge is 2.14. The number of hydrogen-bond acceptors (Lipinski definition) is 2. The van der Waals surface area contributed by atoms with E-state index in [1.807, 2.05) is 17.7 Å². The molecule has 20 heavy (non-hydrogen) atoms. The minimum absolute atomic E-state index is 0.0603. The molecule has 0 radical (unpaired) electrons. The number of aryl methyl sites for hydroxylation is 1. The highest BCUT2D eigenvalue weighted by atomic mass is 79.9. The molecule has 2 N–H and O–H groups in total. The van der Waals surface area contributed by atoms with Crippen molar-refractivity contribution in [2.45, 2.75) is 19.9 Å². The number of phenolic OH excluding ortho intramolecular Hbond substituents is 1. The average molecular weight is 358 g/mol. The Kier molecular flexibility index (Phi) is 4.73. The third-order valence-electron chi connectivity index (χ3n) is 2.76. The van der Waals surface area contributed by atoms with Crippen molar-refractivity contribution >= 4 is 39.1 Å². The molecule has 1 heterocycles. The molecule has 0 unspecified atom stereocenters. The van der Waals surface area contributed by atoms with Crippen molar-refractivity contribution in [1.82, 2.24) is 4.57 Å². The second-order valence-electron chi connectivity index (χ2n) is 4.36. The van der Waals surface area contributed by atoms with Gasteiger partial charge in [0.05, 0.1) is 10.7 Å². The van der Waals surface area contributed by atoms with Gasteiger partial charge in [0.15, 0.2) is 0 Å². The van der Waals surface area contributed by atoms with Crippen LogP contribution in [-0.4, -0.2) is 15.6 Å². The number of phenols is 1. The maximum atomic E-state index is 12.3. The van der Waals surface area contributed by atoms with Crippen molar-refractivity contribution in [3.05, 3.63) is 45.7 Å². The third-order valence-corrected chi connectivity index (χ3v) is 3.51. The van der Waals surface area contributed by atoms with Crippen LogP contribution in [0.15, 0.2) is 34.9 Å². The van der Waals surface area contributed by atoms with Crippen LogP contribution in [-0.2, 0) is 6.54 Å². The molecule has 2 rings (SSSR count). The molecule has 0 aliphatic carbocycles. The summed E-state index contributed by atoms with van der Waals surface area (Å²) in [5.41, 5.74) is 1.03. The molecule has 0 fully saturated rings. The zero-order valence-corrected chi connectivity index (χ0v) is 13.2. The van der Waals surface area contributed by atoms with Crippen molar-refractivity contribution < 1.29 is 9.90 Å². The molecule has 0 aliphatic rings. The van der Waals surface area contributed by atoms with E-state index in [9.17, 15) is 9.90 Å². The highest BCUT2D eigenvalue weighted by molar-refractivity contribution is 9.10. The van der Waals surface area contributed by atoms with E-state index >= 15 is 0 Å². The molecule has 0 bridgehead atoms. The first-order chi connectivity index (χ1) is 9.51. The number of benzene rings is 1. The number of nitrogens with zero attached hydrogens (tertiary/aromatic N) is 1. The van der Waals surface area contributed by atoms with Crippen molar-refractivity contribution in [2.24, 2.45) is 0 Å². The molecular weight excluding hydrogens is 344 g/mol. The van der Waals surface area contributed by atoms with E-state index in [4.69, 9.17) is 11.6 Å². The Hall–Kier alpha value is -1.46. The second-order valence-corrected chi connectivity index (χ2v) is 5.68. The smallest absolute Gasteiger partial charge is 0.272 e. The minimum Gasteiger partial charge on any atom is -0.508 e. The van der Waals surface area contributed by atoms with Gasteiger partial charge in [0.25, 0.3) is 5.91 Å². The molecule has 1 aromatic carbocycles. The van der Waals surface area contributed by atoms with E-state index in [1.54, 1.807) is 12.1 Å². The number of aromatic nitrogens is 1. The van der Waals surface area contributed by atoms with E-state index in [0.29, 0.717) is 16.4 Å². The lowest BCUT2D eigenvalue weighted by Gasteiger charge is -2.10. The summed E-state index contributed by atoms with van der Waals surface area (Å²) in [4.78, 5) is 12.3. The number of nitrogens with one attached hydrogen (secondary N) is 1. The lowest BCUT2D eigenvalue weighted by atomic mass is 10.3. The van der Waals surface area contributed by atoms with Crippen molar-refractivity contribution in [3.8, 4) is 5.75 Å². The van der Waals surface area contributed by atoms with E-state index in [1.165, 1.54) is 12.1 Å². The van der Waals surface area contributed by atoms with Crippen LogP contribution < -0.4 is 5.32 Å². The normalized spacial score (nSPS) is 10.6. The largest absolute Gasteiger partial charge is 0.508 e. The first-order valence-electron chi connectivity index (χ1n) is 6.16. The van der Waals surface area contributed by atoms with E-state index in [0.717, 1.165) is 17.4 Å². The lowest BCUT2D eigenvalue weighted by molar-refractivity contribution is 0.101. The molecule has 6 heteroatoms. The molecule has 106 valence electrons. The Labute approximate surface area is 130 Å². The molecule has 0 atom stereocenters. The summed E-state index contributed by atoms with van der Waals surface area (Å²) in [5.74, 6) is -0.179. The summed E-state index contributed by atoms with van der Waals surface area (Å²) in [5, 5.41) is 12.3. The molecule has 1 aromatic heterocycles. The number of halogens is 2. The quantitative estimate of drug-likeness (QED) is 0.803. The predicted octanol–water partition coefficient (Wildman–Crippen LogP) is 4.27. The summed E-state index contributed by atoms with van der Waals surface area (Å²) >= 11 is 9.35. The maximum Gasteiger partial charge on any atom is 0.272 e. The fourth-order valence-electron chi connectivity index (χ4n) is 1.88. The first kappa shape index (κ1) is 14.9. The van der Waals surface area contributed by atoms with Gasteiger partial charge >= 0.3 is 0 Å². The molecule has 0 saturated heterocycles. The molecule has 0 aliphatic heterocycles. The maximum absolute atomic E-state index is 12.3. The van der Waals surface area contributed by atoms with Gasteiger partial charge in [-0.25, -0.2) is 0 Å². The van der Waals surface area contributed by atoms with Gasteiger partial charge < -0.3 is 15.0 Å². The average Bonchev–Trinajstić information content (AvgIpc) is 2.74. The monoisotopic (exact) mass is 356 g/mol. The highest BCUT2D eigenvalue weighted by Crippen LogP contribution is 2.26. The summed E-state index contributed by atoms with van der Waals surface area (Å²) in [6.45, 7) is 2.81. The molecule has 2 aromatic rings. The fourth-order valence-corrected chi connectivity index (χ4v) is 2.57. The SMILES string of the molecule is CCCn1cc(Br)cc1C(=O)Nc1ccc(O)cc1Cl. The zero-order chi connectivity index (χ0) is 14.7. The van der Waals surface area contributed by atoms with Crippen LogP contribution >= 0.6 is 27.5 Å². The van der Waals surface area contributed by atoms with Crippen LogP contribution in [0.2, 0.25) is 5.02 Å². The molecule has 1 amide bonds. The summed E-state index contributed by atoms with van der Waals surface area (Å²) in [7, 11) is 0. The Balaban J connectivity index is 2.23. The van der Waals surface area contributed by atoms with Gasteiger partial charge in [0.2, 0.25) is 0 Å². The Morgan fingerprint density at radius 3 is 2.85 bits per heavy atom. The molecule has 0 spiro atoms. The minimum atomic E-state index is -0.239. The number of carbonyl (C=O) groups is 1. The van der Waals surface area contributed by atoms with Gasteiger partial charge in [-0.3, -0.25) is 4.79 Å². The number of aromatic hydroxyl groups is 1. The first-order valence-corrected chi connectivity index (χ1v) is 7.34. The number of rotatable bonds is 4. The standard InChI is InChI=1S/C14H14BrClN2O2/c1-2-5-18-8-9(15)6-13(18)14(20)17-12-4-3-10(19)7-11(12)16/h3-4,6-8,19H,2,5H2,1H3,(H,17,20). The zero-order valence-electron chi connectivity index (χ0n) is 10.9. The van der Waals surface area contributed by atoms with Crippen molar-refractivity contribution in [2.75, 3.05) is 5.32 Å². The molecule has 0 saturated carbocycles. The van der Waals surface area contributed by atoms with Crippen LogP contribution in [0.1, 0.15) is 23.8 Å². The number of anilines is 1. The Morgan fingerprint density at radius 1 is 1.45 bits per heavy atom. The van der Waals surface area contributed by atoms with Crippen LogP contribution in [0.3, 0.4) is 0 Å². The molecular formula is C14H14BrClN2O2. The Morgan fingerprint density at radius 2 is 2.20 bits per heavy atom. The summed E-state index contributed by atoms with van der Waals surface area (Å²) in [6.07, 6.45) is 2.80. The van der Waals surface area contributed by atoms with Gasteiger partial charge in [0.1, 0.15) is 11.4 Å². The Bertz CT molecular complexity index is 640. The van der Waals surface area contributed by atoms with Gasteiger partial charge in [-0.05, 0) is 40.5 Å². The van der Waals surface area contributed by atoms with E-state index in [-0.39, 0.29) is 11.7 Å². The second kappa shape index (κ2) is 6.33. The third kappa shape index (κ3) is 3.35. The van der Waals surface area contributed by atoms with Gasteiger partial charge in [0, 0.05) is 23.3 Å². The van der Waals surface area contributed by atoms with Crippen molar-refractivity contribution in [1.29, 1.82) is 0 Å². The van der Waals surface area contributed by atoms with Gasteiger partial charge in [-0.15, -0.1) is 0 Å². The topological polar surface area (TPSA) is 54.3 Å². The predicted molar refractivity (Wildman–Crippen MR) is 83.5 cm³/mol. The van der Waals surface area contributed by atoms with E-state index in [2.05, 4.69) is 21.2 Å². The number of amides is 1. The van der Waals surface area contributed by atoms with E-state index < -0.39 is 0 Å². The van der Waals surface area contributed by atoms with Crippen LogP contribution in [0.5, 0.6) is 5.75 Å². The number of carbonyl (C=O) groups excluding carboxylic acids is 1. The fraction of sp³-hybridized carbons (Fsp3) is 0.214. The van der Waals surface area contributed by atoms with Crippen molar-refractivity contribution in [3.63, 3.8) is 0 Å². The van der Waals surface area contributed by atoms with Gasteiger partial charge in [-0.2, -0.15) is 0 Å². The summed E-state index contributed by atoms with van der Waals surface area (Å²) < 4.78 is 2.74. The molecule has 4 nitrogen and oxygen atoms in total. The van der Waals surface area contributed by atoms with Crippen LogP contribution in [0.4, 0.5) is 5.69 Å². The van der Waals surface area contributed by atoms with Crippen LogP contribution in [0.25, 0.3) is 0 Å². The van der Waals surface area contributed by atoms with Gasteiger partial charge in [-0.1, -0.05) is 18.5 Å². The number of hydrogen-bond donors (Lipinski definition) is 2. The summed E-state index contributed by atoms with van der Waals surface area (Å²) in [6, 6.07) is 6.19. The van der Waals surface area contributed by atoms with Crippen LogP contribution in [0, 0.1) is 0 Å². The lowest BCUT2D eigenvalue weighted by Crippen LogP contribution is -2.17.